The molecule has 0 radical (unpaired) electrons. The molecular weight excluding hydrogens is 192 g/mol. The largest absolute Gasteiger partial charge is 0.394 e. The predicted molar refractivity (Wildman–Crippen MR) is 51.1 cm³/mol. The molecule has 0 spiro atoms. The van der Waals surface area contributed by atoms with Gasteiger partial charge in [-0.15, -0.1) is 0 Å². The second kappa shape index (κ2) is 4.20. The number of hydrogen-bond donors (Lipinski definition) is 2. The summed E-state index contributed by atoms with van der Waals surface area (Å²) in [5, 5.41) is 22.8. The van der Waals surface area contributed by atoms with E-state index in [-0.39, 0.29) is 17.6 Å². The SMILES string of the molecule is C[C@@H](CO)Nc1ccc([N+](=O)[O-])s1. The summed E-state index contributed by atoms with van der Waals surface area (Å²) in [7, 11) is 0. The van der Waals surface area contributed by atoms with Crippen molar-refractivity contribution in [3.8, 4) is 0 Å². The molecule has 1 heterocycles. The fraction of sp³-hybridized carbons (Fsp3) is 0.429. The molecule has 1 atom stereocenters. The Bertz CT molecular complexity index is 300. The molecule has 0 aliphatic heterocycles. The third kappa shape index (κ3) is 2.67. The van der Waals surface area contributed by atoms with Gasteiger partial charge < -0.3 is 10.4 Å². The second-order valence-corrected chi connectivity index (χ2v) is 3.69. The van der Waals surface area contributed by atoms with Gasteiger partial charge in [0.15, 0.2) is 0 Å². The molecule has 72 valence electrons. The molecule has 0 amide bonds. The van der Waals surface area contributed by atoms with Crippen molar-refractivity contribution in [3.63, 3.8) is 0 Å². The Labute approximate surface area is 79.2 Å². The number of nitrogens with zero attached hydrogens (tertiary/aromatic N) is 1. The molecule has 0 fully saturated rings. The van der Waals surface area contributed by atoms with Gasteiger partial charge in [0.2, 0.25) is 0 Å². The van der Waals surface area contributed by atoms with Gasteiger partial charge in [-0.05, 0) is 24.3 Å². The highest BCUT2D eigenvalue weighted by Crippen LogP contribution is 2.28. The van der Waals surface area contributed by atoms with Crippen molar-refractivity contribution in [2.75, 3.05) is 11.9 Å². The van der Waals surface area contributed by atoms with Gasteiger partial charge >= 0.3 is 5.00 Å². The lowest BCUT2D eigenvalue weighted by atomic mass is 10.4. The van der Waals surface area contributed by atoms with Crippen LogP contribution in [-0.4, -0.2) is 22.7 Å². The number of hydrogen-bond acceptors (Lipinski definition) is 5. The first-order valence-corrected chi connectivity index (χ1v) is 4.56. The standard InChI is InChI=1S/C7H10N2O3S/c1-5(4-10)8-6-2-3-7(13-6)9(11)12/h2-3,5,8,10H,4H2,1H3/t5-/m0/s1. The summed E-state index contributed by atoms with van der Waals surface area (Å²) in [5.41, 5.74) is 0. The fourth-order valence-electron chi connectivity index (χ4n) is 0.792. The van der Waals surface area contributed by atoms with Gasteiger partial charge in [0.25, 0.3) is 0 Å². The lowest BCUT2D eigenvalue weighted by Crippen LogP contribution is -2.18. The lowest BCUT2D eigenvalue weighted by molar-refractivity contribution is -0.380. The lowest BCUT2D eigenvalue weighted by Gasteiger charge is -2.08. The maximum Gasteiger partial charge on any atom is 0.326 e. The minimum atomic E-state index is -0.431. The molecule has 0 saturated heterocycles. The molecule has 0 bridgehead atoms. The Kier molecular flexibility index (Phi) is 3.21. The van der Waals surface area contributed by atoms with E-state index >= 15 is 0 Å². The van der Waals surface area contributed by atoms with Gasteiger partial charge in [0, 0.05) is 12.1 Å². The van der Waals surface area contributed by atoms with Crippen LogP contribution in [0.5, 0.6) is 0 Å². The molecule has 5 nitrogen and oxygen atoms in total. The molecule has 0 unspecified atom stereocenters. The average molecular weight is 202 g/mol. The van der Waals surface area contributed by atoms with Gasteiger partial charge in [-0.2, -0.15) is 0 Å². The fourth-order valence-corrected chi connectivity index (χ4v) is 1.62. The number of thiophene rings is 1. The molecule has 0 saturated carbocycles. The minimum Gasteiger partial charge on any atom is -0.394 e. The van der Waals surface area contributed by atoms with Crippen molar-refractivity contribution in [2.24, 2.45) is 0 Å². The van der Waals surface area contributed by atoms with E-state index in [4.69, 9.17) is 5.11 Å². The molecule has 0 aliphatic rings. The summed E-state index contributed by atoms with van der Waals surface area (Å²) in [5.74, 6) is 0. The maximum absolute atomic E-state index is 10.3. The summed E-state index contributed by atoms with van der Waals surface area (Å²) in [6, 6.07) is 2.99. The zero-order valence-electron chi connectivity index (χ0n) is 7.06. The van der Waals surface area contributed by atoms with Gasteiger partial charge in [-0.25, -0.2) is 0 Å². The van der Waals surface area contributed by atoms with E-state index in [2.05, 4.69) is 5.32 Å². The van der Waals surface area contributed by atoms with Crippen LogP contribution in [0.3, 0.4) is 0 Å². The highest BCUT2D eigenvalue weighted by atomic mass is 32.1. The summed E-state index contributed by atoms with van der Waals surface area (Å²) >= 11 is 1.06. The van der Waals surface area contributed by atoms with Crippen molar-refractivity contribution in [3.05, 3.63) is 22.2 Å². The number of nitro groups is 1. The third-order valence-electron chi connectivity index (χ3n) is 1.43. The molecule has 1 rings (SSSR count). The third-order valence-corrected chi connectivity index (χ3v) is 2.40. The highest BCUT2D eigenvalue weighted by Gasteiger charge is 2.10. The van der Waals surface area contributed by atoms with Crippen LogP contribution in [0.25, 0.3) is 0 Å². The molecular formula is C7H10N2O3S. The van der Waals surface area contributed by atoms with Crippen LogP contribution in [0.4, 0.5) is 10.0 Å². The normalized spacial score (nSPS) is 12.5. The van der Waals surface area contributed by atoms with Crippen LogP contribution in [0, 0.1) is 10.1 Å². The van der Waals surface area contributed by atoms with Gasteiger partial charge in [0.1, 0.15) is 0 Å². The van der Waals surface area contributed by atoms with Crippen LogP contribution in [0.15, 0.2) is 12.1 Å². The van der Waals surface area contributed by atoms with Crippen molar-refractivity contribution in [2.45, 2.75) is 13.0 Å². The Hall–Kier alpha value is -1.14. The number of aliphatic hydroxyl groups excluding tert-OH is 1. The molecule has 13 heavy (non-hydrogen) atoms. The van der Waals surface area contributed by atoms with Gasteiger partial charge in [-0.3, -0.25) is 10.1 Å². The predicted octanol–water partition coefficient (Wildman–Crippen LogP) is 1.45. The number of anilines is 1. The minimum absolute atomic E-state index is 0.00565. The zero-order valence-corrected chi connectivity index (χ0v) is 7.87. The first kappa shape index (κ1) is 9.94. The molecule has 2 N–H and O–H groups in total. The van der Waals surface area contributed by atoms with Gasteiger partial charge in [-0.1, -0.05) is 0 Å². The monoisotopic (exact) mass is 202 g/mol. The Morgan fingerprint density at radius 1 is 1.77 bits per heavy atom. The summed E-state index contributed by atoms with van der Waals surface area (Å²) in [6.45, 7) is 1.80. The van der Waals surface area contributed by atoms with E-state index < -0.39 is 4.92 Å². The maximum atomic E-state index is 10.3. The number of aliphatic hydroxyl groups is 1. The van der Waals surface area contributed by atoms with Crippen molar-refractivity contribution in [1.82, 2.24) is 0 Å². The van der Waals surface area contributed by atoms with Crippen LogP contribution < -0.4 is 5.32 Å². The molecule has 1 aromatic heterocycles. The van der Waals surface area contributed by atoms with E-state index in [1.807, 2.05) is 0 Å². The summed E-state index contributed by atoms with van der Waals surface area (Å²) in [6.07, 6.45) is 0. The van der Waals surface area contributed by atoms with Crippen LogP contribution in [0.2, 0.25) is 0 Å². The van der Waals surface area contributed by atoms with Crippen LogP contribution in [-0.2, 0) is 0 Å². The number of nitrogens with one attached hydrogen (secondary N) is 1. The molecule has 0 aliphatic carbocycles. The van der Waals surface area contributed by atoms with E-state index in [0.29, 0.717) is 5.00 Å². The van der Waals surface area contributed by atoms with Crippen molar-refractivity contribution < 1.29 is 10.0 Å². The molecule has 6 heteroatoms. The van der Waals surface area contributed by atoms with E-state index in [0.717, 1.165) is 11.3 Å². The topological polar surface area (TPSA) is 75.4 Å². The second-order valence-electron chi connectivity index (χ2n) is 2.62. The van der Waals surface area contributed by atoms with Crippen molar-refractivity contribution in [1.29, 1.82) is 0 Å². The first-order valence-electron chi connectivity index (χ1n) is 3.75. The van der Waals surface area contributed by atoms with E-state index in [1.54, 1.807) is 13.0 Å². The Morgan fingerprint density at radius 2 is 2.46 bits per heavy atom. The zero-order chi connectivity index (χ0) is 9.84. The molecule has 0 aromatic carbocycles. The Morgan fingerprint density at radius 3 is 2.92 bits per heavy atom. The van der Waals surface area contributed by atoms with Crippen LogP contribution >= 0.6 is 11.3 Å². The summed E-state index contributed by atoms with van der Waals surface area (Å²) in [4.78, 5) is 9.88. The van der Waals surface area contributed by atoms with E-state index in [9.17, 15) is 10.1 Å². The summed E-state index contributed by atoms with van der Waals surface area (Å²) < 4.78 is 0. The quantitative estimate of drug-likeness (QED) is 0.572. The van der Waals surface area contributed by atoms with E-state index in [1.165, 1.54) is 6.07 Å². The smallest absolute Gasteiger partial charge is 0.326 e. The molecule has 1 aromatic rings. The first-order chi connectivity index (χ1) is 6.13. The highest BCUT2D eigenvalue weighted by molar-refractivity contribution is 7.19. The average Bonchev–Trinajstić information content (AvgIpc) is 2.52. The van der Waals surface area contributed by atoms with Gasteiger partial charge in [0.05, 0.1) is 16.5 Å². The van der Waals surface area contributed by atoms with Crippen LogP contribution in [0.1, 0.15) is 6.92 Å². The number of rotatable bonds is 4. The van der Waals surface area contributed by atoms with Crippen molar-refractivity contribution >= 4 is 21.3 Å². The Balaban J connectivity index is 2.64.